The molecule has 0 amide bonds. The number of para-hydroxylation sites is 1. The van der Waals surface area contributed by atoms with Crippen LogP contribution in [0.2, 0.25) is 0 Å². The predicted octanol–water partition coefficient (Wildman–Crippen LogP) is 6.37. The van der Waals surface area contributed by atoms with Gasteiger partial charge in [0.2, 0.25) is 0 Å². The summed E-state index contributed by atoms with van der Waals surface area (Å²) in [6.07, 6.45) is -0.0278. The van der Waals surface area contributed by atoms with Crippen LogP contribution in [0.15, 0.2) is 72.8 Å². The fourth-order valence-corrected chi connectivity index (χ4v) is 4.28. The van der Waals surface area contributed by atoms with Crippen LogP contribution >= 0.6 is 0 Å². The first-order valence-electron chi connectivity index (χ1n) is 10.6. The largest absolute Gasteiger partial charge is 0.339 e. The van der Waals surface area contributed by atoms with Gasteiger partial charge in [0.25, 0.3) is 0 Å². The molecule has 4 aromatic rings. The molecule has 1 radical (unpaired) electrons. The van der Waals surface area contributed by atoms with Crippen LogP contribution in [-0.2, 0) is 35.1 Å². The molecule has 3 nitrogen and oxygen atoms in total. The van der Waals surface area contributed by atoms with Gasteiger partial charge in [-0.2, -0.15) is 0 Å². The van der Waals surface area contributed by atoms with Crippen LogP contribution < -0.4 is 0 Å². The summed E-state index contributed by atoms with van der Waals surface area (Å²) in [4.78, 5) is 24.8. The number of carbonyl (C=O) groups excluding carboxylic acids is 2. The summed E-state index contributed by atoms with van der Waals surface area (Å²) in [6.45, 7) is 8.98. The Morgan fingerprint density at radius 3 is 2.33 bits per heavy atom. The number of rotatable bonds is 3. The molecular weight excluding hydrogens is 587 g/mol. The van der Waals surface area contributed by atoms with E-state index in [1.165, 1.54) is 34.6 Å². The second-order valence-corrected chi connectivity index (χ2v) is 8.65. The zero-order chi connectivity index (χ0) is 22.9. The standard InChI is InChI=1S/C24H18N.C5H7O2.Ir/c1-24(2)20-9-5-4-8-18(20)19-13-11-17(15-21(19)24)23-14-12-16-7-3-6-10-22(16)25-23;1-4(6)3-5(2)7;/h3-10,12-15H,1-2H3;1,3H2,2H3;/q2*-1;. The Labute approximate surface area is 208 Å². The van der Waals surface area contributed by atoms with Crippen molar-refractivity contribution >= 4 is 22.5 Å². The minimum atomic E-state index is -0.312. The second kappa shape index (κ2) is 9.82. The fourth-order valence-electron chi connectivity index (χ4n) is 4.28. The molecule has 5 rings (SSSR count). The van der Waals surface area contributed by atoms with Gasteiger partial charge in [0.05, 0.1) is 5.52 Å². The summed E-state index contributed by atoms with van der Waals surface area (Å²) in [7, 11) is 0. The van der Waals surface area contributed by atoms with E-state index < -0.39 is 0 Å². The summed E-state index contributed by atoms with van der Waals surface area (Å²) < 4.78 is 0. The molecule has 169 valence electrons. The number of hydrogen-bond donors (Lipinski definition) is 0. The van der Waals surface area contributed by atoms with Gasteiger partial charge in [-0.3, -0.25) is 9.78 Å². The molecule has 4 heteroatoms. The van der Waals surface area contributed by atoms with Gasteiger partial charge in [0.15, 0.2) is 0 Å². The third kappa shape index (κ3) is 4.98. The second-order valence-electron chi connectivity index (χ2n) is 8.65. The van der Waals surface area contributed by atoms with E-state index in [4.69, 9.17) is 4.98 Å². The van der Waals surface area contributed by atoms with Gasteiger partial charge in [0, 0.05) is 32.3 Å². The molecule has 1 heterocycles. The molecule has 3 aromatic carbocycles. The summed E-state index contributed by atoms with van der Waals surface area (Å²) >= 11 is 0. The molecule has 0 N–H and O–H groups in total. The third-order valence-corrected chi connectivity index (χ3v) is 5.84. The van der Waals surface area contributed by atoms with Gasteiger partial charge in [-0.25, -0.2) is 0 Å². The number of carbonyl (C=O) groups is 2. The zero-order valence-electron chi connectivity index (χ0n) is 18.9. The molecule has 0 saturated heterocycles. The number of benzene rings is 3. The normalized spacial score (nSPS) is 12.6. The van der Waals surface area contributed by atoms with Crippen molar-refractivity contribution < 1.29 is 29.7 Å². The maximum atomic E-state index is 9.99. The van der Waals surface area contributed by atoms with Crippen molar-refractivity contribution in [1.82, 2.24) is 4.98 Å². The van der Waals surface area contributed by atoms with Crippen molar-refractivity contribution in [2.24, 2.45) is 0 Å². The van der Waals surface area contributed by atoms with Crippen molar-refractivity contribution in [2.75, 3.05) is 0 Å². The van der Waals surface area contributed by atoms with E-state index >= 15 is 0 Å². The zero-order valence-corrected chi connectivity index (χ0v) is 21.3. The molecule has 0 bridgehead atoms. The Morgan fingerprint density at radius 1 is 0.939 bits per heavy atom. The smallest absolute Gasteiger partial charge is 0.134 e. The monoisotopic (exact) mass is 612 g/mol. The van der Waals surface area contributed by atoms with Gasteiger partial charge in [-0.1, -0.05) is 79.6 Å². The first kappa shape index (κ1) is 24.6. The minimum absolute atomic E-state index is 0. The van der Waals surface area contributed by atoms with E-state index in [1.807, 2.05) is 12.1 Å². The molecule has 1 aliphatic carbocycles. The summed E-state index contributed by atoms with van der Waals surface area (Å²) in [5.74, 6) is -0.437. The first-order chi connectivity index (χ1) is 15.3. The Morgan fingerprint density at radius 2 is 1.64 bits per heavy atom. The van der Waals surface area contributed by atoms with E-state index in [0.29, 0.717) is 0 Å². The molecule has 0 spiro atoms. The maximum Gasteiger partial charge on any atom is 0.134 e. The SMILES string of the molecule is CC1(C)c2ccccc2-c2c[c-]c(-c3ccc4ccccc4n3)cc21.[CH2-]C(=O)CC(C)=O.[Ir]. The molecule has 0 unspecified atom stereocenters. The fraction of sp³-hybridized carbons (Fsp3) is 0.172. The van der Waals surface area contributed by atoms with E-state index in [2.05, 4.69) is 87.5 Å². The quantitative estimate of drug-likeness (QED) is 0.200. The van der Waals surface area contributed by atoms with Crippen LogP contribution in [0.3, 0.4) is 0 Å². The van der Waals surface area contributed by atoms with Gasteiger partial charge in [-0.15, -0.1) is 29.3 Å². The number of Topliss-reactive ketones (excluding diaryl/α,β-unsaturated/α-hetero) is 2. The van der Waals surface area contributed by atoms with Crippen molar-refractivity contribution in [3.8, 4) is 22.4 Å². The summed E-state index contributed by atoms with van der Waals surface area (Å²) in [5, 5.41) is 1.17. The van der Waals surface area contributed by atoms with Crippen molar-refractivity contribution in [2.45, 2.75) is 32.6 Å². The molecule has 0 saturated carbocycles. The van der Waals surface area contributed by atoms with E-state index in [9.17, 15) is 9.59 Å². The molecule has 0 aliphatic heterocycles. The Balaban J connectivity index is 0.000000337. The number of hydrogen-bond acceptors (Lipinski definition) is 3. The Bertz CT molecular complexity index is 1330. The number of pyridine rings is 1. The topological polar surface area (TPSA) is 47.0 Å². The number of fused-ring (bicyclic) bond motifs is 4. The number of ketones is 2. The van der Waals surface area contributed by atoms with Crippen LogP contribution in [0.25, 0.3) is 33.3 Å². The third-order valence-electron chi connectivity index (χ3n) is 5.84. The van der Waals surface area contributed by atoms with Crippen LogP contribution in [0.4, 0.5) is 0 Å². The number of nitrogens with zero attached hydrogens (tertiary/aromatic N) is 1. The van der Waals surface area contributed by atoms with Crippen molar-refractivity contribution in [3.05, 3.63) is 96.9 Å². The van der Waals surface area contributed by atoms with E-state index in [0.717, 1.165) is 16.8 Å². The van der Waals surface area contributed by atoms with Crippen LogP contribution in [0.5, 0.6) is 0 Å². The molecule has 33 heavy (non-hydrogen) atoms. The van der Waals surface area contributed by atoms with Gasteiger partial charge < -0.3 is 11.7 Å². The van der Waals surface area contributed by atoms with Crippen molar-refractivity contribution in [1.29, 1.82) is 0 Å². The maximum absolute atomic E-state index is 9.99. The average molecular weight is 612 g/mol. The molecule has 0 fully saturated rings. The van der Waals surface area contributed by atoms with Crippen LogP contribution in [0.1, 0.15) is 38.3 Å². The molecular formula is C29H25IrNO2-2. The summed E-state index contributed by atoms with van der Waals surface area (Å²) in [5.41, 5.74) is 8.45. The van der Waals surface area contributed by atoms with Crippen LogP contribution in [0, 0.1) is 13.0 Å². The van der Waals surface area contributed by atoms with Gasteiger partial charge in [0.1, 0.15) is 5.78 Å². The summed E-state index contributed by atoms with van der Waals surface area (Å²) in [6, 6.07) is 29.0. The Kier molecular flexibility index (Phi) is 7.31. The minimum Gasteiger partial charge on any atom is -0.339 e. The van der Waals surface area contributed by atoms with Gasteiger partial charge in [-0.05, 0) is 35.0 Å². The van der Waals surface area contributed by atoms with E-state index in [1.54, 1.807) is 0 Å². The van der Waals surface area contributed by atoms with Gasteiger partial charge >= 0.3 is 0 Å². The average Bonchev–Trinajstić information content (AvgIpc) is 3.00. The number of aromatic nitrogens is 1. The first-order valence-corrected chi connectivity index (χ1v) is 10.6. The van der Waals surface area contributed by atoms with E-state index in [-0.39, 0.29) is 43.5 Å². The van der Waals surface area contributed by atoms with Crippen molar-refractivity contribution in [3.63, 3.8) is 0 Å². The molecule has 1 aromatic heterocycles. The molecule has 1 aliphatic rings. The van der Waals surface area contributed by atoms with Crippen LogP contribution in [-0.4, -0.2) is 16.6 Å². The predicted molar refractivity (Wildman–Crippen MR) is 129 cm³/mol. The molecule has 0 atom stereocenters. The Hall–Kier alpha value is -3.07.